The van der Waals surface area contributed by atoms with E-state index in [4.69, 9.17) is 11.6 Å². The molecular formula is C24H50ClN3O4. The van der Waals surface area contributed by atoms with Crippen molar-refractivity contribution in [1.82, 2.24) is 15.5 Å². The summed E-state index contributed by atoms with van der Waals surface area (Å²) in [5.41, 5.74) is 1.81. The molecule has 1 heterocycles. The van der Waals surface area contributed by atoms with E-state index in [9.17, 15) is 5.11 Å². The van der Waals surface area contributed by atoms with Gasteiger partial charge in [0.05, 0.1) is 6.10 Å². The highest BCUT2D eigenvalue weighted by Crippen LogP contribution is 2.42. The number of nitrogens with one attached hydrogen (secondary N) is 2. The standard InChI is InChI=1S/C23H40ClN3O.CH4.3H2O/c1-17(28)22(26-16-25-20-6-4-5-7-20)14-27-13-12-21(23(2,3)15-27)18-8-10-19(24)11-9-18;;;;/h8,10,17,20-22,25-26,28H,4-7,9,11-16H2,1-3H3;1H4;3*1H2/t17?,21?,22-;;;;/m0..../s1. The van der Waals surface area contributed by atoms with E-state index in [-0.39, 0.29) is 41.4 Å². The van der Waals surface area contributed by atoms with Gasteiger partial charge in [-0.2, -0.15) is 0 Å². The normalized spacial score (nSPS) is 25.1. The Labute approximate surface area is 200 Å². The predicted octanol–water partition coefficient (Wildman–Crippen LogP) is 2.17. The van der Waals surface area contributed by atoms with E-state index in [0.717, 1.165) is 44.2 Å². The third kappa shape index (κ3) is 9.39. The molecule has 2 unspecified atom stereocenters. The van der Waals surface area contributed by atoms with Gasteiger partial charge in [0.15, 0.2) is 0 Å². The minimum atomic E-state index is -0.348. The molecule has 32 heavy (non-hydrogen) atoms. The highest BCUT2D eigenvalue weighted by molar-refractivity contribution is 6.29. The van der Waals surface area contributed by atoms with Crippen molar-refractivity contribution in [2.75, 3.05) is 26.3 Å². The van der Waals surface area contributed by atoms with Crippen molar-refractivity contribution in [3.63, 3.8) is 0 Å². The van der Waals surface area contributed by atoms with Crippen LogP contribution < -0.4 is 10.6 Å². The minimum absolute atomic E-state index is 0. The number of hydrogen-bond donors (Lipinski definition) is 3. The Balaban J connectivity index is 0. The molecule has 0 aromatic carbocycles. The van der Waals surface area contributed by atoms with E-state index in [0.29, 0.717) is 12.0 Å². The van der Waals surface area contributed by atoms with Gasteiger partial charge in [-0.05, 0) is 63.0 Å². The van der Waals surface area contributed by atoms with E-state index in [1.807, 2.05) is 6.92 Å². The molecule has 8 heteroatoms. The van der Waals surface area contributed by atoms with Crippen molar-refractivity contribution in [3.05, 3.63) is 22.8 Å². The van der Waals surface area contributed by atoms with Crippen LogP contribution in [0.15, 0.2) is 22.8 Å². The van der Waals surface area contributed by atoms with Crippen LogP contribution in [0.3, 0.4) is 0 Å². The van der Waals surface area contributed by atoms with Gasteiger partial charge in [-0.15, -0.1) is 0 Å². The molecule has 3 aliphatic rings. The molecule has 1 saturated heterocycles. The molecule has 7 nitrogen and oxygen atoms in total. The maximum Gasteiger partial charge on any atom is 0.0678 e. The molecule has 2 aliphatic carbocycles. The fourth-order valence-electron chi connectivity index (χ4n) is 5.36. The average molecular weight is 480 g/mol. The Morgan fingerprint density at radius 3 is 2.31 bits per heavy atom. The Morgan fingerprint density at radius 1 is 1.12 bits per heavy atom. The van der Waals surface area contributed by atoms with Gasteiger partial charge in [0.25, 0.3) is 0 Å². The molecule has 0 aromatic heterocycles. The van der Waals surface area contributed by atoms with Crippen LogP contribution in [0.5, 0.6) is 0 Å². The number of allylic oxidation sites excluding steroid dienone is 4. The molecule has 1 saturated carbocycles. The zero-order valence-corrected chi connectivity index (χ0v) is 20.3. The lowest BCUT2D eigenvalue weighted by molar-refractivity contribution is 0.0444. The van der Waals surface area contributed by atoms with Gasteiger partial charge in [0, 0.05) is 36.9 Å². The average Bonchev–Trinajstić information content (AvgIpc) is 3.14. The fraction of sp³-hybridized carbons (Fsp3) is 0.833. The van der Waals surface area contributed by atoms with Gasteiger partial charge in [-0.25, -0.2) is 0 Å². The summed E-state index contributed by atoms with van der Waals surface area (Å²) >= 11 is 6.16. The summed E-state index contributed by atoms with van der Waals surface area (Å²) < 4.78 is 0. The first kappa shape index (κ1) is 33.7. The van der Waals surface area contributed by atoms with Crippen molar-refractivity contribution in [2.45, 2.75) is 91.3 Å². The molecular weight excluding hydrogens is 430 g/mol. The maximum absolute atomic E-state index is 10.3. The van der Waals surface area contributed by atoms with Crippen LogP contribution in [0.1, 0.15) is 73.1 Å². The van der Waals surface area contributed by atoms with Crippen LogP contribution in [0.4, 0.5) is 0 Å². The topological polar surface area (TPSA) is 142 Å². The summed E-state index contributed by atoms with van der Waals surface area (Å²) in [6, 6.07) is 0.764. The van der Waals surface area contributed by atoms with Crippen LogP contribution in [0, 0.1) is 11.3 Å². The second-order valence-electron chi connectivity index (χ2n) is 9.83. The monoisotopic (exact) mass is 479 g/mol. The lowest BCUT2D eigenvalue weighted by Gasteiger charge is -2.47. The second kappa shape index (κ2) is 15.4. The van der Waals surface area contributed by atoms with Crippen molar-refractivity contribution >= 4 is 11.6 Å². The first-order valence-electron chi connectivity index (χ1n) is 11.3. The fourth-order valence-corrected chi connectivity index (χ4v) is 5.52. The highest BCUT2D eigenvalue weighted by atomic mass is 35.5. The Morgan fingerprint density at radius 2 is 1.78 bits per heavy atom. The third-order valence-electron chi connectivity index (χ3n) is 7.03. The molecule has 0 spiro atoms. The lowest BCUT2D eigenvalue weighted by atomic mass is 9.68. The smallest absolute Gasteiger partial charge is 0.0678 e. The molecule has 192 valence electrons. The van der Waals surface area contributed by atoms with E-state index in [1.165, 1.54) is 32.1 Å². The summed E-state index contributed by atoms with van der Waals surface area (Å²) in [5.74, 6) is 0.631. The first-order valence-corrected chi connectivity index (χ1v) is 11.7. The molecule has 2 fully saturated rings. The van der Waals surface area contributed by atoms with E-state index in [1.54, 1.807) is 5.57 Å². The molecule has 0 aromatic rings. The van der Waals surface area contributed by atoms with Crippen molar-refractivity contribution in [3.8, 4) is 0 Å². The number of aliphatic hydroxyl groups excluding tert-OH is 1. The van der Waals surface area contributed by atoms with Crippen LogP contribution in [0.2, 0.25) is 0 Å². The first-order chi connectivity index (χ1) is 13.3. The van der Waals surface area contributed by atoms with E-state index >= 15 is 0 Å². The van der Waals surface area contributed by atoms with Gasteiger partial charge < -0.3 is 31.8 Å². The number of aliphatic hydroxyl groups is 1. The summed E-state index contributed by atoms with van der Waals surface area (Å²) in [4.78, 5) is 2.54. The largest absolute Gasteiger partial charge is 0.412 e. The molecule has 0 amide bonds. The third-order valence-corrected chi connectivity index (χ3v) is 7.35. The van der Waals surface area contributed by atoms with Gasteiger partial charge >= 0.3 is 0 Å². The van der Waals surface area contributed by atoms with Gasteiger partial charge in [-0.1, -0.05) is 57.4 Å². The number of rotatable bonds is 8. The summed E-state index contributed by atoms with van der Waals surface area (Å²) in [6.45, 7) is 10.6. The lowest BCUT2D eigenvalue weighted by Crippen LogP contribution is -2.54. The number of halogens is 1. The highest BCUT2D eigenvalue weighted by Gasteiger charge is 2.38. The van der Waals surface area contributed by atoms with E-state index < -0.39 is 0 Å². The van der Waals surface area contributed by atoms with Crippen LogP contribution in [-0.4, -0.2) is 70.9 Å². The zero-order valence-electron chi connectivity index (χ0n) is 19.5. The van der Waals surface area contributed by atoms with Crippen LogP contribution in [-0.2, 0) is 0 Å². The SMILES string of the molecule is C.CC(O)[C@H](CN1CCC(C2=CC=C(Cl)CC2)C(C)(C)C1)NCNC1CCCC1.O.O.O. The molecule has 1 aliphatic heterocycles. The molecule has 3 atom stereocenters. The number of hydrogen-bond acceptors (Lipinski definition) is 4. The van der Waals surface area contributed by atoms with Crippen LogP contribution in [0.25, 0.3) is 0 Å². The quantitative estimate of drug-likeness (QED) is 0.458. The predicted molar refractivity (Wildman–Crippen MR) is 136 cm³/mol. The summed E-state index contributed by atoms with van der Waals surface area (Å²) in [7, 11) is 0. The summed E-state index contributed by atoms with van der Waals surface area (Å²) in [5, 5.41) is 18.5. The van der Waals surface area contributed by atoms with Gasteiger partial charge in [0.1, 0.15) is 0 Å². The Hall–Kier alpha value is -0.510. The van der Waals surface area contributed by atoms with E-state index in [2.05, 4.69) is 41.5 Å². The number of nitrogens with zero attached hydrogens (tertiary/aromatic N) is 1. The zero-order chi connectivity index (χ0) is 20.1. The van der Waals surface area contributed by atoms with Crippen molar-refractivity contribution in [2.24, 2.45) is 11.3 Å². The Kier molecular flexibility index (Phi) is 16.2. The number of piperidine rings is 1. The summed E-state index contributed by atoms with van der Waals surface area (Å²) in [6.07, 6.45) is 12.6. The maximum atomic E-state index is 10.3. The molecule has 3 rings (SSSR count). The molecule has 0 radical (unpaired) electrons. The molecule has 9 N–H and O–H groups in total. The van der Waals surface area contributed by atoms with Crippen molar-refractivity contribution in [1.29, 1.82) is 0 Å². The van der Waals surface area contributed by atoms with Crippen LogP contribution >= 0.6 is 11.6 Å². The van der Waals surface area contributed by atoms with Gasteiger partial charge in [0.2, 0.25) is 0 Å². The second-order valence-corrected chi connectivity index (χ2v) is 10.3. The number of likely N-dealkylation sites (tertiary alicyclic amines) is 1. The van der Waals surface area contributed by atoms with Crippen molar-refractivity contribution < 1.29 is 21.5 Å². The Bertz CT molecular complexity index is 578. The minimum Gasteiger partial charge on any atom is -0.412 e. The molecule has 0 bridgehead atoms. The van der Waals surface area contributed by atoms with Gasteiger partial charge in [-0.3, -0.25) is 5.32 Å².